The molecule has 2 bridgehead atoms. The molecule has 110 valence electrons. The lowest BCUT2D eigenvalue weighted by molar-refractivity contribution is -0.0869. The van der Waals surface area contributed by atoms with Crippen molar-refractivity contribution in [1.82, 2.24) is 15.0 Å². The second-order valence-corrected chi connectivity index (χ2v) is 6.17. The molecule has 0 spiro atoms. The first-order chi connectivity index (χ1) is 9.59. The van der Waals surface area contributed by atoms with Crippen LogP contribution in [0.5, 0.6) is 0 Å². The van der Waals surface area contributed by atoms with Crippen molar-refractivity contribution in [2.45, 2.75) is 51.0 Å². The summed E-state index contributed by atoms with van der Waals surface area (Å²) in [6.07, 6.45) is 6.43. The average Bonchev–Trinajstić information content (AvgIpc) is 2.46. The van der Waals surface area contributed by atoms with Crippen LogP contribution in [0, 0.1) is 11.8 Å². The lowest BCUT2D eigenvalue weighted by Crippen LogP contribution is -2.51. The number of aromatic nitrogens is 3. The van der Waals surface area contributed by atoms with E-state index >= 15 is 0 Å². The third kappa shape index (κ3) is 2.57. The lowest BCUT2D eigenvalue weighted by atomic mass is 9.62. The van der Waals surface area contributed by atoms with Gasteiger partial charge in [-0.25, -0.2) is 0 Å². The quantitative estimate of drug-likeness (QED) is 0.769. The van der Waals surface area contributed by atoms with Crippen LogP contribution in [0.3, 0.4) is 0 Å². The Bertz CT molecular complexity index is 486. The second kappa shape index (κ2) is 5.16. The monoisotopic (exact) mass is 277 g/mol. The van der Waals surface area contributed by atoms with Crippen LogP contribution in [0.1, 0.15) is 44.9 Å². The third-order valence-corrected chi connectivity index (χ3v) is 4.82. The minimum atomic E-state index is -0.616. The molecule has 0 saturated heterocycles. The van der Waals surface area contributed by atoms with Crippen molar-refractivity contribution in [3.8, 4) is 0 Å². The van der Waals surface area contributed by atoms with Gasteiger partial charge in [0.1, 0.15) is 5.82 Å². The standard InChI is InChI=1S/C14H23N5O/c1-2-11-17-12(15)19-13(18-11)16-8-14(20)7-9-3-5-10(14)6-4-9/h9-10,20H,2-8H2,1H3,(H3,15,16,17,18,19). The number of nitrogens with one attached hydrogen (secondary N) is 1. The maximum atomic E-state index is 10.9. The van der Waals surface area contributed by atoms with Crippen molar-refractivity contribution in [1.29, 1.82) is 0 Å². The Kier molecular flexibility index (Phi) is 3.50. The Labute approximate surface area is 119 Å². The van der Waals surface area contributed by atoms with Gasteiger partial charge in [-0.3, -0.25) is 0 Å². The number of fused-ring (bicyclic) bond motifs is 3. The number of rotatable bonds is 4. The number of aliphatic hydroxyl groups is 1. The van der Waals surface area contributed by atoms with Gasteiger partial charge in [0.2, 0.25) is 11.9 Å². The maximum Gasteiger partial charge on any atom is 0.227 e. The minimum absolute atomic E-state index is 0.233. The SMILES string of the molecule is CCc1nc(N)nc(NCC2(O)CC3CCC2CC3)n1. The van der Waals surface area contributed by atoms with Crippen molar-refractivity contribution >= 4 is 11.9 Å². The number of nitrogens with two attached hydrogens (primary N) is 1. The molecule has 1 atom stereocenters. The van der Waals surface area contributed by atoms with Crippen LogP contribution in [0.4, 0.5) is 11.9 Å². The summed E-state index contributed by atoms with van der Waals surface area (Å²) in [7, 11) is 0. The van der Waals surface area contributed by atoms with E-state index in [-0.39, 0.29) is 5.95 Å². The van der Waals surface area contributed by atoms with E-state index < -0.39 is 5.60 Å². The molecule has 1 heterocycles. The summed E-state index contributed by atoms with van der Waals surface area (Å²) < 4.78 is 0. The van der Waals surface area contributed by atoms with E-state index in [1.165, 1.54) is 12.8 Å². The molecule has 6 heteroatoms. The molecule has 3 saturated carbocycles. The van der Waals surface area contributed by atoms with E-state index in [9.17, 15) is 5.11 Å². The Hall–Kier alpha value is -1.43. The molecule has 0 aromatic carbocycles. The van der Waals surface area contributed by atoms with Crippen molar-refractivity contribution in [2.24, 2.45) is 11.8 Å². The Morgan fingerprint density at radius 2 is 2.00 bits per heavy atom. The molecule has 20 heavy (non-hydrogen) atoms. The highest BCUT2D eigenvalue weighted by Gasteiger charge is 2.45. The number of anilines is 2. The molecule has 0 aliphatic heterocycles. The highest BCUT2D eigenvalue weighted by Crippen LogP contribution is 2.47. The molecular formula is C14H23N5O. The van der Waals surface area contributed by atoms with Gasteiger partial charge in [-0.2, -0.15) is 15.0 Å². The van der Waals surface area contributed by atoms with E-state index in [2.05, 4.69) is 20.3 Å². The van der Waals surface area contributed by atoms with Crippen molar-refractivity contribution in [3.05, 3.63) is 5.82 Å². The second-order valence-electron chi connectivity index (χ2n) is 6.17. The van der Waals surface area contributed by atoms with Crippen LogP contribution in [-0.4, -0.2) is 32.2 Å². The normalized spacial score (nSPS) is 32.3. The first-order valence-electron chi connectivity index (χ1n) is 7.56. The van der Waals surface area contributed by atoms with Crippen LogP contribution in [0.25, 0.3) is 0 Å². The van der Waals surface area contributed by atoms with Gasteiger partial charge in [0.25, 0.3) is 0 Å². The van der Waals surface area contributed by atoms with E-state index in [0.717, 1.165) is 25.7 Å². The molecule has 0 radical (unpaired) electrons. The maximum absolute atomic E-state index is 10.9. The summed E-state index contributed by atoms with van der Waals surface area (Å²) in [6, 6.07) is 0. The zero-order chi connectivity index (χ0) is 14.2. The lowest BCUT2D eigenvalue weighted by Gasteiger charge is -2.48. The predicted molar refractivity (Wildman–Crippen MR) is 77.1 cm³/mol. The number of hydrogen-bond acceptors (Lipinski definition) is 6. The van der Waals surface area contributed by atoms with E-state index in [1.807, 2.05) is 6.92 Å². The summed E-state index contributed by atoms with van der Waals surface area (Å²) in [6.45, 7) is 2.48. The first kappa shape index (κ1) is 13.5. The number of aryl methyl sites for hydroxylation is 1. The zero-order valence-electron chi connectivity index (χ0n) is 12.0. The molecule has 6 nitrogen and oxygen atoms in total. The fourth-order valence-electron chi connectivity index (χ4n) is 3.69. The highest BCUT2D eigenvalue weighted by atomic mass is 16.3. The topological polar surface area (TPSA) is 97.0 Å². The Morgan fingerprint density at radius 1 is 1.25 bits per heavy atom. The van der Waals surface area contributed by atoms with Gasteiger partial charge in [-0.15, -0.1) is 0 Å². The van der Waals surface area contributed by atoms with Crippen molar-refractivity contribution < 1.29 is 5.11 Å². The Morgan fingerprint density at radius 3 is 2.60 bits per heavy atom. The highest BCUT2D eigenvalue weighted by molar-refractivity contribution is 5.31. The van der Waals surface area contributed by atoms with E-state index in [0.29, 0.717) is 30.2 Å². The molecule has 4 N–H and O–H groups in total. The van der Waals surface area contributed by atoms with Gasteiger partial charge in [-0.05, 0) is 43.9 Å². The third-order valence-electron chi connectivity index (χ3n) is 4.82. The summed E-state index contributed by atoms with van der Waals surface area (Å²) in [5, 5.41) is 14.0. The number of nitrogen functional groups attached to an aromatic ring is 1. The van der Waals surface area contributed by atoms with Crippen molar-refractivity contribution in [3.63, 3.8) is 0 Å². The molecule has 3 fully saturated rings. The summed E-state index contributed by atoms with van der Waals surface area (Å²) in [4.78, 5) is 12.5. The average molecular weight is 277 g/mol. The van der Waals surface area contributed by atoms with Gasteiger partial charge in [-0.1, -0.05) is 6.92 Å². The van der Waals surface area contributed by atoms with Gasteiger partial charge < -0.3 is 16.2 Å². The van der Waals surface area contributed by atoms with Crippen LogP contribution in [0.2, 0.25) is 0 Å². The summed E-state index contributed by atoms with van der Waals surface area (Å²) >= 11 is 0. The van der Waals surface area contributed by atoms with Gasteiger partial charge in [0, 0.05) is 13.0 Å². The number of hydrogen-bond donors (Lipinski definition) is 3. The molecule has 1 aromatic heterocycles. The summed E-state index contributed by atoms with van der Waals surface area (Å²) in [5.74, 6) is 2.48. The minimum Gasteiger partial charge on any atom is -0.388 e. The molecule has 3 aliphatic carbocycles. The smallest absolute Gasteiger partial charge is 0.227 e. The van der Waals surface area contributed by atoms with Gasteiger partial charge >= 0.3 is 0 Å². The van der Waals surface area contributed by atoms with Crippen LogP contribution in [0.15, 0.2) is 0 Å². The summed E-state index contributed by atoms with van der Waals surface area (Å²) in [5.41, 5.74) is 5.06. The Balaban J connectivity index is 1.68. The van der Waals surface area contributed by atoms with E-state index in [4.69, 9.17) is 5.73 Å². The van der Waals surface area contributed by atoms with Crippen molar-refractivity contribution in [2.75, 3.05) is 17.6 Å². The fourth-order valence-corrected chi connectivity index (χ4v) is 3.69. The molecule has 1 aromatic rings. The van der Waals surface area contributed by atoms with Gasteiger partial charge in [0.15, 0.2) is 0 Å². The molecule has 0 amide bonds. The zero-order valence-corrected chi connectivity index (χ0v) is 12.0. The number of nitrogens with zero attached hydrogens (tertiary/aromatic N) is 3. The van der Waals surface area contributed by atoms with E-state index in [1.54, 1.807) is 0 Å². The molecular weight excluding hydrogens is 254 g/mol. The van der Waals surface area contributed by atoms with Gasteiger partial charge in [0.05, 0.1) is 5.60 Å². The van der Waals surface area contributed by atoms with Crippen LogP contribution >= 0.6 is 0 Å². The molecule has 3 aliphatic rings. The molecule has 1 unspecified atom stereocenters. The first-order valence-corrected chi connectivity index (χ1v) is 7.56. The predicted octanol–water partition coefficient (Wildman–Crippen LogP) is 1.37. The van der Waals surface area contributed by atoms with Crippen LogP contribution in [-0.2, 0) is 6.42 Å². The fraction of sp³-hybridized carbons (Fsp3) is 0.786. The van der Waals surface area contributed by atoms with Crippen LogP contribution < -0.4 is 11.1 Å². The molecule has 4 rings (SSSR count). The largest absolute Gasteiger partial charge is 0.388 e.